The van der Waals surface area contributed by atoms with Crippen LogP contribution in [0.4, 0.5) is 9.93 Å². The SMILES string of the molecule is Cc1nn(-c2ccccc2)c(C)c1CN(C)C(=O)Nc1nnc(C2CCCCC2)s1. The molecule has 1 fully saturated rings. The van der Waals surface area contributed by atoms with Crippen molar-refractivity contribution in [1.82, 2.24) is 24.9 Å². The van der Waals surface area contributed by atoms with Crippen molar-refractivity contribution in [1.29, 1.82) is 0 Å². The lowest BCUT2D eigenvalue weighted by molar-refractivity contribution is 0.220. The van der Waals surface area contributed by atoms with Gasteiger partial charge in [0.15, 0.2) is 0 Å². The van der Waals surface area contributed by atoms with E-state index in [4.69, 9.17) is 0 Å². The maximum absolute atomic E-state index is 12.7. The van der Waals surface area contributed by atoms with Crippen LogP contribution in [0, 0.1) is 13.8 Å². The van der Waals surface area contributed by atoms with Crippen molar-refractivity contribution in [2.24, 2.45) is 0 Å². The van der Waals surface area contributed by atoms with E-state index >= 15 is 0 Å². The zero-order valence-corrected chi connectivity index (χ0v) is 18.6. The number of nitrogens with one attached hydrogen (secondary N) is 1. The van der Waals surface area contributed by atoms with Crippen LogP contribution in [-0.4, -0.2) is 38.0 Å². The summed E-state index contributed by atoms with van der Waals surface area (Å²) < 4.78 is 1.93. The Kier molecular flexibility index (Phi) is 6.13. The summed E-state index contributed by atoms with van der Waals surface area (Å²) in [5, 5.41) is 17.7. The van der Waals surface area contributed by atoms with Gasteiger partial charge < -0.3 is 4.90 Å². The van der Waals surface area contributed by atoms with E-state index in [-0.39, 0.29) is 6.03 Å². The fourth-order valence-corrected chi connectivity index (χ4v) is 4.92. The minimum atomic E-state index is -0.187. The van der Waals surface area contributed by atoms with Gasteiger partial charge >= 0.3 is 6.03 Å². The third-order valence-corrected chi connectivity index (χ3v) is 6.79. The normalized spacial score (nSPS) is 14.6. The number of hydrogen-bond donors (Lipinski definition) is 1. The molecule has 3 aromatic rings. The number of urea groups is 1. The van der Waals surface area contributed by atoms with Gasteiger partial charge in [0, 0.05) is 24.2 Å². The minimum Gasteiger partial charge on any atom is -0.323 e. The highest BCUT2D eigenvalue weighted by Crippen LogP contribution is 2.35. The molecule has 0 spiro atoms. The molecule has 0 unspecified atom stereocenters. The van der Waals surface area contributed by atoms with Crippen LogP contribution >= 0.6 is 11.3 Å². The number of rotatable bonds is 5. The van der Waals surface area contributed by atoms with E-state index in [1.54, 1.807) is 11.9 Å². The molecule has 158 valence electrons. The summed E-state index contributed by atoms with van der Waals surface area (Å²) in [6.07, 6.45) is 6.16. The van der Waals surface area contributed by atoms with Crippen LogP contribution in [0.1, 0.15) is 60.0 Å². The molecule has 4 rings (SSSR count). The molecule has 2 aromatic heterocycles. The van der Waals surface area contributed by atoms with Gasteiger partial charge in [-0.1, -0.05) is 48.8 Å². The highest BCUT2D eigenvalue weighted by atomic mass is 32.1. The van der Waals surface area contributed by atoms with Crippen LogP contribution in [0.15, 0.2) is 30.3 Å². The van der Waals surface area contributed by atoms with Crippen LogP contribution in [0.5, 0.6) is 0 Å². The Morgan fingerprint density at radius 2 is 1.90 bits per heavy atom. The second kappa shape index (κ2) is 8.95. The molecule has 1 aromatic carbocycles. The first-order chi connectivity index (χ1) is 14.5. The molecular weight excluding hydrogens is 396 g/mol. The van der Waals surface area contributed by atoms with Crippen LogP contribution in [0.3, 0.4) is 0 Å². The van der Waals surface area contributed by atoms with Gasteiger partial charge in [-0.05, 0) is 38.8 Å². The highest BCUT2D eigenvalue weighted by molar-refractivity contribution is 7.15. The summed E-state index contributed by atoms with van der Waals surface area (Å²) in [7, 11) is 1.79. The Labute approximate surface area is 181 Å². The van der Waals surface area contributed by atoms with E-state index in [9.17, 15) is 4.79 Å². The molecule has 0 saturated heterocycles. The second-order valence-electron chi connectivity index (χ2n) is 7.96. The lowest BCUT2D eigenvalue weighted by Crippen LogP contribution is -2.31. The number of aromatic nitrogens is 4. The van der Waals surface area contributed by atoms with E-state index in [2.05, 4.69) is 20.6 Å². The van der Waals surface area contributed by atoms with E-state index in [1.807, 2.05) is 48.9 Å². The van der Waals surface area contributed by atoms with Gasteiger partial charge in [-0.2, -0.15) is 5.10 Å². The van der Waals surface area contributed by atoms with Crippen molar-refractivity contribution in [3.8, 4) is 5.69 Å². The number of carbonyl (C=O) groups excluding carboxylic acids is 1. The monoisotopic (exact) mass is 424 g/mol. The number of carbonyl (C=O) groups is 1. The smallest absolute Gasteiger partial charge is 0.323 e. The number of hydrogen-bond acceptors (Lipinski definition) is 5. The Morgan fingerprint density at radius 3 is 2.63 bits per heavy atom. The quantitative estimate of drug-likeness (QED) is 0.622. The molecule has 1 saturated carbocycles. The second-order valence-corrected chi connectivity index (χ2v) is 8.97. The maximum Gasteiger partial charge on any atom is 0.323 e. The molecular formula is C22H28N6OS. The summed E-state index contributed by atoms with van der Waals surface area (Å²) in [5.41, 5.74) is 4.03. The summed E-state index contributed by atoms with van der Waals surface area (Å²) >= 11 is 1.50. The summed E-state index contributed by atoms with van der Waals surface area (Å²) in [5.74, 6) is 0.494. The number of para-hydroxylation sites is 1. The number of benzene rings is 1. The summed E-state index contributed by atoms with van der Waals surface area (Å²) in [4.78, 5) is 14.4. The molecule has 2 heterocycles. The molecule has 1 aliphatic carbocycles. The third-order valence-electron chi connectivity index (χ3n) is 5.79. The van der Waals surface area contributed by atoms with Gasteiger partial charge in [0.05, 0.1) is 17.9 Å². The number of nitrogens with zero attached hydrogens (tertiary/aromatic N) is 5. The Bertz CT molecular complexity index is 1010. The topological polar surface area (TPSA) is 75.9 Å². The van der Waals surface area contributed by atoms with Gasteiger partial charge in [-0.25, -0.2) is 9.48 Å². The van der Waals surface area contributed by atoms with E-state index in [0.29, 0.717) is 17.6 Å². The first-order valence-corrected chi connectivity index (χ1v) is 11.3. The zero-order chi connectivity index (χ0) is 21.1. The van der Waals surface area contributed by atoms with Crippen molar-refractivity contribution >= 4 is 22.5 Å². The van der Waals surface area contributed by atoms with Gasteiger partial charge in [-0.15, -0.1) is 10.2 Å². The molecule has 8 heteroatoms. The molecule has 0 atom stereocenters. The van der Waals surface area contributed by atoms with Crippen LogP contribution in [-0.2, 0) is 6.54 Å². The molecule has 0 radical (unpaired) electrons. The minimum absolute atomic E-state index is 0.187. The van der Waals surface area contributed by atoms with E-state index < -0.39 is 0 Å². The van der Waals surface area contributed by atoms with E-state index in [1.165, 1.54) is 43.4 Å². The van der Waals surface area contributed by atoms with Crippen LogP contribution in [0.2, 0.25) is 0 Å². The van der Waals surface area contributed by atoms with Gasteiger partial charge in [0.25, 0.3) is 0 Å². The fourth-order valence-electron chi connectivity index (χ4n) is 4.02. The summed E-state index contributed by atoms with van der Waals surface area (Å²) in [6, 6.07) is 9.84. The molecule has 1 N–H and O–H groups in total. The predicted molar refractivity (Wildman–Crippen MR) is 119 cm³/mol. The Morgan fingerprint density at radius 1 is 1.17 bits per heavy atom. The Balaban J connectivity index is 1.42. The Hall–Kier alpha value is -2.74. The van der Waals surface area contributed by atoms with Crippen molar-refractivity contribution in [2.45, 2.75) is 58.4 Å². The lowest BCUT2D eigenvalue weighted by atomic mass is 9.90. The zero-order valence-electron chi connectivity index (χ0n) is 17.8. The fraction of sp³-hybridized carbons (Fsp3) is 0.455. The number of amides is 2. The highest BCUT2D eigenvalue weighted by Gasteiger charge is 2.22. The standard InChI is InChI=1S/C22H28N6OS/c1-15-19(16(2)28(26-15)18-12-8-5-9-13-18)14-27(3)22(29)23-21-25-24-20(30-21)17-10-6-4-7-11-17/h5,8-9,12-13,17H,4,6-7,10-11,14H2,1-3H3,(H,23,25,29). The summed E-state index contributed by atoms with van der Waals surface area (Å²) in [6.45, 7) is 4.49. The first kappa shape index (κ1) is 20.5. The van der Waals surface area contributed by atoms with Crippen molar-refractivity contribution in [3.63, 3.8) is 0 Å². The maximum atomic E-state index is 12.7. The predicted octanol–water partition coefficient (Wildman–Crippen LogP) is 5.05. The molecule has 30 heavy (non-hydrogen) atoms. The third kappa shape index (κ3) is 4.38. The first-order valence-electron chi connectivity index (χ1n) is 10.5. The van der Waals surface area contributed by atoms with Crippen molar-refractivity contribution < 1.29 is 4.79 Å². The molecule has 0 bridgehead atoms. The van der Waals surface area contributed by atoms with Crippen molar-refractivity contribution in [3.05, 3.63) is 52.3 Å². The molecule has 1 aliphatic rings. The number of aryl methyl sites for hydroxylation is 1. The lowest BCUT2D eigenvalue weighted by Gasteiger charge is -2.18. The number of anilines is 1. The average molecular weight is 425 g/mol. The van der Waals surface area contributed by atoms with Crippen LogP contribution < -0.4 is 5.32 Å². The van der Waals surface area contributed by atoms with Crippen molar-refractivity contribution in [2.75, 3.05) is 12.4 Å². The molecule has 7 nitrogen and oxygen atoms in total. The molecule has 2 amide bonds. The van der Waals surface area contributed by atoms with Crippen LogP contribution in [0.25, 0.3) is 5.69 Å². The molecule has 0 aliphatic heterocycles. The van der Waals surface area contributed by atoms with Gasteiger partial charge in [0.1, 0.15) is 5.01 Å². The average Bonchev–Trinajstić information content (AvgIpc) is 3.35. The van der Waals surface area contributed by atoms with Gasteiger partial charge in [0.2, 0.25) is 5.13 Å². The van der Waals surface area contributed by atoms with E-state index in [0.717, 1.165) is 27.6 Å². The largest absolute Gasteiger partial charge is 0.323 e. The van der Waals surface area contributed by atoms with Gasteiger partial charge in [-0.3, -0.25) is 5.32 Å².